The van der Waals surface area contributed by atoms with E-state index in [9.17, 15) is 0 Å². The van der Waals surface area contributed by atoms with Gasteiger partial charge in [0, 0.05) is 0 Å². The number of hydrogen-bond donors (Lipinski definition) is 1. The molecular weight excluding hydrogens is 270 g/mol. The number of benzene rings is 2. The van der Waals surface area contributed by atoms with Crippen LogP contribution in [0.3, 0.4) is 0 Å². The van der Waals surface area contributed by atoms with Gasteiger partial charge in [0.25, 0.3) is 0 Å². The normalized spacial score (nSPS) is 10.1. The van der Waals surface area contributed by atoms with E-state index < -0.39 is 0 Å². The monoisotopic (exact) mass is 287 g/mol. The van der Waals surface area contributed by atoms with E-state index in [0.717, 1.165) is 22.4 Å². The Kier molecular flexibility index (Phi) is 4.58. The highest BCUT2D eigenvalue weighted by Gasteiger charge is 2.07. The number of methoxy groups -OCH3 is 1. The van der Waals surface area contributed by atoms with Crippen LogP contribution in [-0.4, -0.2) is 12.1 Å². The third-order valence-electron chi connectivity index (χ3n) is 3.02. The number of thiocarbonyl (C=S) groups is 1. The van der Waals surface area contributed by atoms with E-state index >= 15 is 0 Å². The summed E-state index contributed by atoms with van der Waals surface area (Å²) in [7, 11) is 1.60. The fraction of sp³-hybridized carbons (Fsp3) is 0.188. The molecule has 0 amide bonds. The Hall–Kier alpha value is -2.07. The maximum Gasteiger partial charge on any atom is 0.129 e. The Balaban J connectivity index is 2.16. The summed E-state index contributed by atoms with van der Waals surface area (Å²) in [6.45, 7) is 2.48. The van der Waals surface area contributed by atoms with Gasteiger partial charge in [0.05, 0.1) is 12.7 Å². The Morgan fingerprint density at radius 1 is 1.15 bits per heavy atom. The summed E-state index contributed by atoms with van der Waals surface area (Å²) in [5, 5.41) is 0. The Labute approximate surface area is 124 Å². The zero-order valence-corrected chi connectivity index (χ0v) is 12.4. The fourth-order valence-corrected chi connectivity index (χ4v) is 2.08. The molecule has 0 saturated heterocycles. The molecule has 0 atom stereocenters. The van der Waals surface area contributed by atoms with Crippen LogP contribution < -0.4 is 15.2 Å². The summed E-state index contributed by atoms with van der Waals surface area (Å²) in [4.78, 5) is 0.319. The standard InChI is InChI=1S/C16H17NO2S/c1-11-5-3-4-6-14(11)19-10-12-7-8-15(18-2)13(9-12)16(17)20/h3-9H,10H2,1-2H3,(H2,17,20). The lowest BCUT2D eigenvalue weighted by Crippen LogP contribution is -2.12. The van der Waals surface area contributed by atoms with Gasteiger partial charge in [-0.05, 0) is 36.2 Å². The molecule has 2 aromatic rings. The van der Waals surface area contributed by atoms with Crippen molar-refractivity contribution in [3.05, 3.63) is 59.2 Å². The van der Waals surface area contributed by atoms with Gasteiger partial charge >= 0.3 is 0 Å². The van der Waals surface area contributed by atoms with E-state index in [4.69, 9.17) is 27.4 Å². The van der Waals surface area contributed by atoms with Gasteiger partial charge in [0.2, 0.25) is 0 Å². The molecule has 0 aliphatic carbocycles. The summed E-state index contributed by atoms with van der Waals surface area (Å²) < 4.78 is 11.0. The zero-order chi connectivity index (χ0) is 14.5. The average molecular weight is 287 g/mol. The molecule has 2 N–H and O–H groups in total. The number of ether oxygens (including phenoxy) is 2. The van der Waals surface area contributed by atoms with Gasteiger partial charge in [0.15, 0.2) is 0 Å². The highest BCUT2D eigenvalue weighted by Crippen LogP contribution is 2.22. The lowest BCUT2D eigenvalue weighted by Gasteiger charge is -2.12. The van der Waals surface area contributed by atoms with Crippen LogP contribution in [0.4, 0.5) is 0 Å². The van der Waals surface area contributed by atoms with Crippen LogP contribution in [0, 0.1) is 6.92 Å². The minimum absolute atomic E-state index is 0.319. The molecule has 0 bridgehead atoms. The molecule has 104 valence electrons. The van der Waals surface area contributed by atoms with Gasteiger partial charge < -0.3 is 15.2 Å². The molecule has 2 aromatic carbocycles. The first-order chi connectivity index (χ1) is 9.61. The van der Waals surface area contributed by atoms with Crippen LogP contribution in [0.25, 0.3) is 0 Å². The second-order valence-electron chi connectivity index (χ2n) is 4.45. The third-order valence-corrected chi connectivity index (χ3v) is 3.24. The first kappa shape index (κ1) is 14.3. The van der Waals surface area contributed by atoms with Gasteiger partial charge in [-0.2, -0.15) is 0 Å². The number of aryl methyl sites for hydroxylation is 1. The quantitative estimate of drug-likeness (QED) is 0.858. The molecule has 4 heteroatoms. The van der Waals surface area contributed by atoms with Crippen molar-refractivity contribution in [2.24, 2.45) is 5.73 Å². The van der Waals surface area contributed by atoms with Crippen LogP contribution in [0.5, 0.6) is 11.5 Å². The molecule has 0 unspecified atom stereocenters. The van der Waals surface area contributed by atoms with E-state index in [2.05, 4.69) is 0 Å². The van der Waals surface area contributed by atoms with Crippen molar-refractivity contribution in [3.63, 3.8) is 0 Å². The zero-order valence-electron chi connectivity index (χ0n) is 11.6. The summed E-state index contributed by atoms with van der Waals surface area (Å²) in [5.41, 5.74) is 8.54. The molecule has 0 heterocycles. The van der Waals surface area contributed by atoms with Gasteiger partial charge in [-0.3, -0.25) is 0 Å². The van der Waals surface area contributed by atoms with Gasteiger partial charge in [-0.25, -0.2) is 0 Å². The molecule has 0 aliphatic heterocycles. The van der Waals surface area contributed by atoms with Crippen molar-refractivity contribution >= 4 is 17.2 Å². The van der Waals surface area contributed by atoms with E-state index in [1.165, 1.54) is 0 Å². The Morgan fingerprint density at radius 3 is 2.55 bits per heavy atom. The largest absolute Gasteiger partial charge is 0.496 e. The second-order valence-corrected chi connectivity index (χ2v) is 4.89. The minimum Gasteiger partial charge on any atom is -0.496 e. The maximum absolute atomic E-state index is 5.81. The molecule has 2 rings (SSSR count). The minimum atomic E-state index is 0.319. The van der Waals surface area contributed by atoms with E-state index in [0.29, 0.717) is 17.3 Å². The molecule has 3 nitrogen and oxygen atoms in total. The molecule has 0 saturated carbocycles. The highest BCUT2D eigenvalue weighted by molar-refractivity contribution is 7.80. The van der Waals surface area contributed by atoms with Crippen molar-refractivity contribution in [1.82, 2.24) is 0 Å². The number of para-hydroxylation sites is 1. The van der Waals surface area contributed by atoms with Crippen LogP contribution in [0.2, 0.25) is 0 Å². The molecule has 0 spiro atoms. The number of hydrogen-bond acceptors (Lipinski definition) is 3. The van der Waals surface area contributed by atoms with Gasteiger partial charge in [0.1, 0.15) is 23.1 Å². The van der Waals surface area contributed by atoms with Crippen LogP contribution in [-0.2, 0) is 6.61 Å². The number of nitrogens with two attached hydrogens (primary N) is 1. The average Bonchev–Trinajstić information content (AvgIpc) is 2.46. The molecule has 0 radical (unpaired) electrons. The lowest BCUT2D eigenvalue weighted by atomic mass is 10.1. The van der Waals surface area contributed by atoms with Crippen molar-refractivity contribution in [2.75, 3.05) is 7.11 Å². The smallest absolute Gasteiger partial charge is 0.129 e. The summed E-state index contributed by atoms with van der Waals surface area (Å²) in [5.74, 6) is 1.55. The van der Waals surface area contributed by atoms with E-state index in [1.54, 1.807) is 7.11 Å². The highest BCUT2D eigenvalue weighted by atomic mass is 32.1. The molecule has 0 aliphatic rings. The van der Waals surface area contributed by atoms with Crippen molar-refractivity contribution in [1.29, 1.82) is 0 Å². The second kappa shape index (κ2) is 6.39. The van der Waals surface area contributed by atoms with Crippen LogP contribution in [0.15, 0.2) is 42.5 Å². The third kappa shape index (κ3) is 3.27. The molecule has 20 heavy (non-hydrogen) atoms. The van der Waals surface area contributed by atoms with Crippen molar-refractivity contribution in [2.45, 2.75) is 13.5 Å². The fourth-order valence-electron chi connectivity index (χ4n) is 1.92. The van der Waals surface area contributed by atoms with Crippen LogP contribution in [0.1, 0.15) is 16.7 Å². The van der Waals surface area contributed by atoms with E-state index in [-0.39, 0.29) is 0 Å². The number of rotatable bonds is 5. The van der Waals surface area contributed by atoms with E-state index in [1.807, 2.05) is 49.4 Å². The SMILES string of the molecule is COc1ccc(COc2ccccc2C)cc1C(N)=S. The first-order valence-electron chi connectivity index (χ1n) is 6.27. The Morgan fingerprint density at radius 2 is 1.90 bits per heavy atom. The van der Waals surface area contributed by atoms with Gasteiger partial charge in [-0.1, -0.05) is 36.5 Å². The van der Waals surface area contributed by atoms with Crippen molar-refractivity contribution in [3.8, 4) is 11.5 Å². The van der Waals surface area contributed by atoms with Gasteiger partial charge in [-0.15, -0.1) is 0 Å². The summed E-state index contributed by atoms with van der Waals surface area (Å²) in [6, 6.07) is 13.6. The molecular formula is C16H17NO2S. The molecule has 0 fully saturated rings. The lowest BCUT2D eigenvalue weighted by molar-refractivity contribution is 0.304. The van der Waals surface area contributed by atoms with Crippen molar-refractivity contribution < 1.29 is 9.47 Å². The Bertz CT molecular complexity index is 626. The maximum atomic E-state index is 5.81. The molecule has 0 aromatic heterocycles. The topological polar surface area (TPSA) is 44.5 Å². The van der Waals surface area contributed by atoms with Crippen LogP contribution >= 0.6 is 12.2 Å². The first-order valence-corrected chi connectivity index (χ1v) is 6.68. The predicted octanol–water partition coefficient (Wildman–Crippen LogP) is 3.22. The summed E-state index contributed by atoms with van der Waals surface area (Å²) in [6.07, 6.45) is 0. The predicted molar refractivity (Wildman–Crippen MR) is 84.4 cm³/mol. The summed E-state index contributed by atoms with van der Waals surface area (Å²) >= 11 is 5.03.